The van der Waals surface area contributed by atoms with Crippen LogP contribution in [-0.4, -0.2) is 32.6 Å². The number of amides is 1. The lowest BCUT2D eigenvalue weighted by Crippen LogP contribution is -2.25. The van der Waals surface area contributed by atoms with Crippen molar-refractivity contribution in [3.8, 4) is 5.75 Å². The lowest BCUT2D eigenvalue weighted by atomic mass is 9.77. The number of methoxy groups -OCH3 is 1. The van der Waals surface area contributed by atoms with Gasteiger partial charge in [0.05, 0.1) is 23.7 Å². The summed E-state index contributed by atoms with van der Waals surface area (Å²) in [7, 11) is 2.87. The molecule has 0 radical (unpaired) electrons. The van der Waals surface area contributed by atoms with E-state index in [0.29, 0.717) is 23.5 Å². The zero-order valence-corrected chi connectivity index (χ0v) is 13.9. The molecule has 0 aromatic heterocycles. The minimum absolute atomic E-state index is 0.297. The summed E-state index contributed by atoms with van der Waals surface area (Å²) in [4.78, 5) is 24.3. The molecule has 2 aromatic rings. The highest BCUT2D eigenvalue weighted by Crippen LogP contribution is 2.45. The average Bonchev–Trinajstić information content (AvgIpc) is 2.98. The molecule has 0 unspecified atom stereocenters. The zero-order valence-electron chi connectivity index (χ0n) is 13.9. The van der Waals surface area contributed by atoms with Crippen LogP contribution in [0.4, 0.5) is 0 Å². The molecule has 1 N–H and O–H groups in total. The van der Waals surface area contributed by atoms with Gasteiger partial charge in [-0.25, -0.2) is 4.79 Å². The third kappa shape index (κ3) is 2.42. The highest BCUT2D eigenvalue weighted by atomic mass is 16.5. The van der Waals surface area contributed by atoms with Crippen molar-refractivity contribution in [1.29, 1.82) is 0 Å². The van der Waals surface area contributed by atoms with Crippen LogP contribution >= 0.6 is 0 Å². The Balaban J connectivity index is 2.23. The van der Waals surface area contributed by atoms with E-state index in [-0.39, 0.29) is 5.91 Å². The minimum atomic E-state index is -0.481. The standard InChI is InChI=1S/C19H19NO4/c1-19(13-7-5-4-6-8-13)11-24-16-14(17(21)20-2)9-12(10-15(16)19)18(22)23-3/h4-10H,11H2,1-3H3,(H,20,21)/t19-/m0/s1. The fraction of sp³-hybridized carbons (Fsp3) is 0.263. The zero-order chi connectivity index (χ0) is 17.3. The predicted octanol–water partition coefficient (Wildman–Crippen LogP) is 2.53. The third-order valence-electron chi connectivity index (χ3n) is 4.49. The summed E-state index contributed by atoms with van der Waals surface area (Å²) in [5, 5.41) is 2.59. The molecule has 124 valence electrons. The van der Waals surface area contributed by atoms with Crippen molar-refractivity contribution in [1.82, 2.24) is 5.32 Å². The van der Waals surface area contributed by atoms with E-state index in [1.165, 1.54) is 13.2 Å². The van der Waals surface area contributed by atoms with E-state index in [2.05, 4.69) is 5.32 Å². The van der Waals surface area contributed by atoms with E-state index >= 15 is 0 Å². The van der Waals surface area contributed by atoms with Crippen LogP contribution in [0.15, 0.2) is 42.5 Å². The summed E-state index contributed by atoms with van der Waals surface area (Å²) in [6.45, 7) is 2.45. The van der Waals surface area contributed by atoms with Gasteiger partial charge >= 0.3 is 5.97 Å². The second kappa shape index (κ2) is 6.00. The van der Waals surface area contributed by atoms with Crippen LogP contribution in [0.25, 0.3) is 0 Å². The second-order valence-corrected chi connectivity index (χ2v) is 5.96. The van der Waals surface area contributed by atoms with E-state index in [0.717, 1.165) is 11.1 Å². The Labute approximate surface area is 140 Å². The first-order valence-electron chi connectivity index (χ1n) is 7.68. The second-order valence-electron chi connectivity index (χ2n) is 5.96. The molecule has 5 heteroatoms. The van der Waals surface area contributed by atoms with E-state index in [9.17, 15) is 9.59 Å². The number of carbonyl (C=O) groups is 2. The maximum Gasteiger partial charge on any atom is 0.337 e. The van der Waals surface area contributed by atoms with E-state index < -0.39 is 11.4 Å². The fourth-order valence-electron chi connectivity index (χ4n) is 3.07. The van der Waals surface area contributed by atoms with Crippen LogP contribution in [0.2, 0.25) is 0 Å². The largest absolute Gasteiger partial charge is 0.491 e. The molecule has 5 nitrogen and oxygen atoms in total. The van der Waals surface area contributed by atoms with Gasteiger partial charge in [-0.3, -0.25) is 4.79 Å². The first-order chi connectivity index (χ1) is 11.5. The molecule has 3 rings (SSSR count). The molecule has 1 atom stereocenters. The number of ether oxygens (including phenoxy) is 2. The summed E-state index contributed by atoms with van der Waals surface area (Å²) in [6, 6.07) is 13.2. The maximum atomic E-state index is 12.2. The smallest absolute Gasteiger partial charge is 0.337 e. The lowest BCUT2D eigenvalue weighted by Gasteiger charge is -2.23. The van der Waals surface area contributed by atoms with Crippen molar-refractivity contribution < 1.29 is 19.1 Å². The highest BCUT2D eigenvalue weighted by Gasteiger charge is 2.40. The quantitative estimate of drug-likeness (QED) is 0.881. The molecule has 0 aliphatic carbocycles. The number of esters is 1. The number of fused-ring (bicyclic) bond motifs is 1. The van der Waals surface area contributed by atoms with Crippen LogP contribution in [0.3, 0.4) is 0 Å². The molecule has 24 heavy (non-hydrogen) atoms. The Hall–Kier alpha value is -2.82. The summed E-state index contributed by atoms with van der Waals surface area (Å²) < 4.78 is 10.7. The highest BCUT2D eigenvalue weighted by molar-refractivity contribution is 6.01. The summed E-state index contributed by atoms with van der Waals surface area (Å²) in [5.74, 6) is -0.257. The minimum Gasteiger partial charge on any atom is -0.491 e. The molecule has 1 heterocycles. The molecule has 2 aromatic carbocycles. The Morgan fingerprint density at radius 3 is 2.54 bits per heavy atom. The van der Waals surface area contributed by atoms with E-state index in [1.807, 2.05) is 37.3 Å². The van der Waals surface area contributed by atoms with Crippen molar-refractivity contribution in [3.05, 3.63) is 64.7 Å². The molecule has 0 saturated carbocycles. The average molecular weight is 325 g/mol. The first-order valence-corrected chi connectivity index (χ1v) is 7.68. The number of carbonyl (C=O) groups excluding carboxylic acids is 2. The van der Waals surface area contributed by atoms with Crippen LogP contribution < -0.4 is 10.1 Å². The maximum absolute atomic E-state index is 12.2. The van der Waals surface area contributed by atoms with Gasteiger partial charge in [-0.05, 0) is 24.6 Å². The number of hydrogen-bond donors (Lipinski definition) is 1. The molecule has 1 amide bonds. The Morgan fingerprint density at radius 1 is 1.21 bits per heavy atom. The number of nitrogens with one attached hydrogen (secondary N) is 1. The fourth-order valence-corrected chi connectivity index (χ4v) is 3.07. The molecule has 1 aliphatic heterocycles. The molecule has 0 saturated heterocycles. The first kappa shape index (κ1) is 16.1. The number of rotatable bonds is 3. The van der Waals surface area contributed by atoms with Gasteiger partial charge in [-0.2, -0.15) is 0 Å². The van der Waals surface area contributed by atoms with Crippen LogP contribution in [0, 0.1) is 0 Å². The lowest BCUT2D eigenvalue weighted by molar-refractivity contribution is 0.0600. The van der Waals surface area contributed by atoms with E-state index in [4.69, 9.17) is 9.47 Å². The summed E-state index contributed by atoms with van der Waals surface area (Å²) >= 11 is 0. The van der Waals surface area contributed by atoms with Crippen LogP contribution in [-0.2, 0) is 10.2 Å². The normalized spacial score (nSPS) is 18.5. The molecule has 0 fully saturated rings. The van der Waals surface area contributed by atoms with Gasteiger partial charge in [0, 0.05) is 12.6 Å². The van der Waals surface area contributed by atoms with Gasteiger partial charge in [0.15, 0.2) is 0 Å². The monoisotopic (exact) mass is 325 g/mol. The third-order valence-corrected chi connectivity index (χ3v) is 4.49. The number of hydrogen-bond acceptors (Lipinski definition) is 4. The van der Waals surface area contributed by atoms with Gasteiger partial charge in [0.2, 0.25) is 0 Å². The van der Waals surface area contributed by atoms with Crippen molar-refractivity contribution in [2.45, 2.75) is 12.3 Å². The van der Waals surface area contributed by atoms with Gasteiger partial charge in [-0.15, -0.1) is 0 Å². The van der Waals surface area contributed by atoms with Crippen LogP contribution in [0.5, 0.6) is 5.75 Å². The molecular weight excluding hydrogens is 306 g/mol. The van der Waals surface area contributed by atoms with Crippen molar-refractivity contribution >= 4 is 11.9 Å². The Bertz CT molecular complexity index is 801. The van der Waals surface area contributed by atoms with Gasteiger partial charge in [0.1, 0.15) is 12.4 Å². The van der Waals surface area contributed by atoms with E-state index in [1.54, 1.807) is 13.1 Å². The Kier molecular flexibility index (Phi) is 4.01. The molecular formula is C19H19NO4. The summed E-state index contributed by atoms with van der Waals surface area (Å²) in [5.41, 5.74) is 2.12. The van der Waals surface area contributed by atoms with Crippen molar-refractivity contribution in [2.24, 2.45) is 0 Å². The summed E-state index contributed by atoms with van der Waals surface area (Å²) in [6.07, 6.45) is 0. The van der Waals surface area contributed by atoms with Gasteiger partial charge in [-0.1, -0.05) is 30.3 Å². The molecule has 0 bridgehead atoms. The topological polar surface area (TPSA) is 64.6 Å². The molecule has 0 spiro atoms. The van der Waals surface area contributed by atoms with Gasteiger partial charge in [0.25, 0.3) is 5.91 Å². The SMILES string of the molecule is CNC(=O)c1cc(C(=O)OC)cc2c1OC[C@@]2(C)c1ccccc1. The molecule has 1 aliphatic rings. The number of benzene rings is 2. The van der Waals surface area contributed by atoms with Gasteiger partial charge < -0.3 is 14.8 Å². The Morgan fingerprint density at radius 2 is 1.92 bits per heavy atom. The van der Waals surface area contributed by atoms with Crippen LogP contribution in [0.1, 0.15) is 38.8 Å². The van der Waals surface area contributed by atoms with Crippen molar-refractivity contribution in [3.63, 3.8) is 0 Å². The predicted molar refractivity (Wildman–Crippen MR) is 89.6 cm³/mol. The van der Waals surface area contributed by atoms with Crippen molar-refractivity contribution in [2.75, 3.05) is 20.8 Å².